The Morgan fingerprint density at radius 2 is 0.875 bits per heavy atom. The lowest BCUT2D eigenvalue weighted by Gasteiger charge is -2.06. The fraction of sp³-hybridized carbons (Fsp3) is 0. The summed E-state index contributed by atoms with van der Waals surface area (Å²) in [6, 6.07) is 31.8. The van der Waals surface area contributed by atoms with E-state index < -0.39 is 0 Å². The predicted octanol–water partition coefficient (Wildman–Crippen LogP) is 9.63. The second-order valence-corrected chi connectivity index (χ2v) is 9.85. The van der Waals surface area contributed by atoms with Gasteiger partial charge in [0.1, 0.15) is 44.9 Å². The van der Waals surface area contributed by atoms with Crippen molar-refractivity contribution in [2.24, 2.45) is 0 Å². The molecule has 0 unspecified atom stereocenters. The number of ether oxygens (including phenoxy) is 1. The first kappa shape index (κ1) is 21.3. The standard InChI is InChI=1S/C34H18N2O4/c1-3-31-33(35-13-1)25-16-20(6-10-29(25)39-31)19-5-9-27-23(15-19)24-17-21(7-11-28(24)38-27)37-22-8-12-30-26(18-22)34-32(40-30)4-2-14-36-34/h1-18H. The van der Waals surface area contributed by atoms with Crippen LogP contribution in [0.1, 0.15) is 0 Å². The van der Waals surface area contributed by atoms with Gasteiger partial charge in [-0.25, -0.2) is 0 Å². The Bertz CT molecular complexity index is 2430. The minimum atomic E-state index is 0.711. The van der Waals surface area contributed by atoms with Crippen molar-refractivity contribution in [1.82, 2.24) is 9.97 Å². The first-order valence-electron chi connectivity index (χ1n) is 13.0. The number of rotatable bonds is 3. The molecule has 188 valence electrons. The van der Waals surface area contributed by atoms with Crippen molar-refractivity contribution >= 4 is 66.1 Å². The zero-order chi connectivity index (χ0) is 26.2. The molecule has 0 aliphatic rings. The quantitative estimate of drug-likeness (QED) is 0.232. The second kappa shape index (κ2) is 7.94. The van der Waals surface area contributed by atoms with Crippen LogP contribution in [0, 0.1) is 0 Å². The van der Waals surface area contributed by atoms with E-state index in [4.69, 9.17) is 18.0 Å². The number of furan rings is 3. The number of hydrogen-bond acceptors (Lipinski definition) is 6. The first-order valence-corrected chi connectivity index (χ1v) is 13.0. The highest BCUT2D eigenvalue weighted by Gasteiger charge is 2.14. The highest BCUT2D eigenvalue weighted by molar-refractivity contribution is 6.08. The van der Waals surface area contributed by atoms with Crippen molar-refractivity contribution in [3.05, 3.63) is 109 Å². The highest BCUT2D eigenvalue weighted by Crippen LogP contribution is 2.38. The molecule has 5 heterocycles. The van der Waals surface area contributed by atoms with Gasteiger partial charge in [0.2, 0.25) is 0 Å². The molecule has 40 heavy (non-hydrogen) atoms. The molecule has 0 atom stereocenters. The molecule has 0 spiro atoms. The number of nitrogens with zero attached hydrogens (tertiary/aromatic N) is 2. The minimum absolute atomic E-state index is 0.711. The topological polar surface area (TPSA) is 74.4 Å². The maximum atomic E-state index is 6.30. The number of aromatic nitrogens is 2. The molecule has 0 bridgehead atoms. The summed E-state index contributed by atoms with van der Waals surface area (Å²) in [5, 5.41) is 3.93. The predicted molar refractivity (Wildman–Crippen MR) is 156 cm³/mol. The number of fused-ring (bicyclic) bond motifs is 9. The molecule has 0 radical (unpaired) electrons. The number of benzene rings is 4. The average Bonchev–Trinajstić information content (AvgIpc) is 3.67. The smallest absolute Gasteiger partial charge is 0.153 e. The van der Waals surface area contributed by atoms with Crippen LogP contribution in [-0.4, -0.2) is 9.97 Å². The lowest BCUT2D eigenvalue weighted by molar-refractivity contribution is 0.483. The lowest BCUT2D eigenvalue weighted by Crippen LogP contribution is -1.84. The van der Waals surface area contributed by atoms with Crippen molar-refractivity contribution in [3.8, 4) is 22.6 Å². The molecule has 0 amide bonds. The van der Waals surface area contributed by atoms with Gasteiger partial charge in [0, 0.05) is 28.6 Å². The molecule has 0 aliphatic heterocycles. The van der Waals surface area contributed by atoms with Gasteiger partial charge in [-0.05, 0) is 96.1 Å². The molecule has 0 saturated carbocycles. The van der Waals surface area contributed by atoms with E-state index in [1.54, 1.807) is 12.4 Å². The van der Waals surface area contributed by atoms with Crippen molar-refractivity contribution in [2.75, 3.05) is 0 Å². The second-order valence-electron chi connectivity index (χ2n) is 9.85. The van der Waals surface area contributed by atoms with Crippen molar-refractivity contribution < 1.29 is 18.0 Å². The van der Waals surface area contributed by atoms with Crippen molar-refractivity contribution in [1.29, 1.82) is 0 Å². The first-order chi connectivity index (χ1) is 19.8. The lowest BCUT2D eigenvalue weighted by atomic mass is 10.0. The Hall–Kier alpha value is -5.62. The minimum Gasteiger partial charge on any atom is -0.457 e. The molecule has 5 aromatic heterocycles. The Labute approximate surface area is 226 Å². The summed E-state index contributed by atoms with van der Waals surface area (Å²) < 4.78 is 24.3. The van der Waals surface area contributed by atoms with Gasteiger partial charge in [-0.2, -0.15) is 0 Å². The van der Waals surface area contributed by atoms with Gasteiger partial charge in [-0.3, -0.25) is 9.97 Å². The Morgan fingerprint density at radius 3 is 1.50 bits per heavy atom. The molecular weight excluding hydrogens is 500 g/mol. The molecule has 0 fully saturated rings. The summed E-state index contributed by atoms with van der Waals surface area (Å²) in [6.07, 6.45) is 3.56. The van der Waals surface area contributed by atoms with Crippen LogP contribution in [0.2, 0.25) is 0 Å². The summed E-state index contributed by atoms with van der Waals surface area (Å²) in [5.41, 5.74) is 8.64. The zero-order valence-electron chi connectivity index (χ0n) is 20.9. The summed E-state index contributed by atoms with van der Waals surface area (Å²) in [5.74, 6) is 1.43. The van der Waals surface area contributed by atoms with Gasteiger partial charge in [0.05, 0.1) is 5.39 Å². The van der Waals surface area contributed by atoms with Crippen LogP contribution < -0.4 is 4.74 Å². The largest absolute Gasteiger partial charge is 0.457 e. The molecular formula is C34H18N2O4. The van der Waals surface area contributed by atoms with Crippen LogP contribution in [0.25, 0.3) is 77.2 Å². The van der Waals surface area contributed by atoms with Crippen LogP contribution >= 0.6 is 0 Å². The molecule has 0 N–H and O–H groups in total. The van der Waals surface area contributed by atoms with Gasteiger partial charge in [0.25, 0.3) is 0 Å². The van der Waals surface area contributed by atoms with E-state index in [9.17, 15) is 0 Å². The van der Waals surface area contributed by atoms with Crippen molar-refractivity contribution in [3.63, 3.8) is 0 Å². The van der Waals surface area contributed by atoms with Gasteiger partial charge >= 0.3 is 0 Å². The van der Waals surface area contributed by atoms with Gasteiger partial charge in [0.15, 0.2) is 11.2 Å². The zero-order valence-corrected chi connectivity index (χ0v) is 20.9. The fourth-order valence-corrected chi connectivity index (χ4v) is 5.55. The Kier molecular flexibility index (Phi) is 4.24. The van der Waals surface area contributed by atoms with Gasteiger partial charge < -0.3 is 18.0 Å². The van der Waals surface area contributed by atoms with Crippen molar-refractivity contribution in [2.45, 2.75) is 0 Å². The number of hydrogen-bond donors (Lipinski definition) is 0. The highest BCUT2D eigenvalue weighted by atomic mass is 16.5. The summed E-state index contributed by atoms with van der Waals surface area (Å²) in [6.45, 7) is 0. The maximum Gasteiger partial charge on any atom is 0.153 e. The van der Waals surface area contributed by atoms with Crippen LogP contribution in [0.4, 0.5) is 0 Å². The molecule has 6 nitrogen and oxygen atoms in total. The third-order valence-electron chi connectivity index (χ3n) is 7.43. The van der Waals surface area contributed by atoms with Crippen LogP contribution in [-0.2, 0) is 0 Å². The van der Waals surface area contributed by atoms with E-state index in [1.165, 1.54) is 0 Å². The van der Waals surface area contributed by atoms with E-state index in [0.29, 0.717) is 5.75 Å². The number of pyridine rings is 2. The molecule has 4 aromatic carbocycles. The normalized spacial score (nSPS) is 12.0. The van der Waals surface area contributed by atoms with E-state index >= 15 is 0 Å². The SMILES string of the molecule is c1cnc2c(c1)oc1ccc(Oc3ccc4oc5ccc(-c6ccc7oc8cccnc8c7c6)cc5c4c3)cc12. The van der Waals surface area contributed by atoms with Crippen LogP contribution in [0.15, 0.2) is 123 Å². The molecule has 6 heteroatoms. The molecule has 0 saturated heterocycles. The molecule has 0 aliphatic carbocycles. The third kappa shape index (κ3) is 3.16. The Morgan fingerprint density at radius 1 is 0.425 bits per heavy atom. The average molecular weight is 519 g/mol. The van der Waals surface area contributed by atoms with E-state index in [2.05, 4.69) is 34.2 Å². The Balaban J connectivity index is 1.13. The monoisotopic (exact) mass is 518 g/mol. The maximum absolute atomic E-state index is 6.30. The van der Waals surface area contributed by atoms with E-state index in [0.717, 1.165) is 83.0 Å². The fourth-order valence-electron chi connectivity index (χ4n) is 5.55. The van der Waals surface area contributed by atoms with Crippen LogP contribution in [0.5, 0.6) is 11.5 Å². The van der Waals surface area contributed by atoms with E-state index in [1.807, 2.05) is 72.8 Å². The van der Waals surface area contributed by atoms with Crippen LogP contribution in [0.3, 0.4) is 0 Å². The molecule has 9 rings (SSSR count). The van der Waals surface area contributed by atoms with Gasteiger partial charge in [-0.1, -0.05) is 12.1 Å². The summed E-state index contributed by atoms with van der Waals surface area (Å²) in [7, 11) is 0. The van der Waals surface area contributed by atoms with E-state index in [-0.39, 0.29) is 0 Å². The van der Waals surface area contributed by atoms with Gasteiger partial charge in [-0.15, -0.1) is 0 Å². The summed E-state index contributed by atoms with van der Waals surface area (Å²) in [4.78, 5) is 9.00. The molecule has 9 aromatic rings. The summed E-state index contributed by atoms with van der Waals surface area (Å²) >= 11 is 0. The third-order valence-corrected chi connectivity index (χ3v) is 7.43.